The number of hydrogen-bond acceptors (Lipinski definition) is 1. The molecule has 194 valence electrons. The summed E-state index contributed by atoms with van der Waals surface area (Å²) >= 11 is 18.0. The maximum atomic E-state index is 9.01. The summed E-state index contributed by atoms with van der Waals surface area (Å²) in [7, 11) is 0. The number of hydrogen-bond donors (Lipinski definition) is 1. The fraction of sp³-hybridized carbons (Fsp3) is 0.786. The van der Waals surface area contributed by atoms with Crippen molar-refractivity contribution in [1.29, 1.82) is 0 Å². The molecule has 2 unspecified atom stereocenters. The van der Waals surface area contributed by atoms with Crippen molar-refractivity contribution in [3.63, 3.8) is 0 Å². The van der Waals surface area contributed by atoms with Crippen molar-refractivity contribution in [2.75, 3.05) is 0 Å². The van der Waals surface area contributed by atoms with Crippen LogP contribution in [0.25, 0.3) is 0 Å². The lowest BCUT2D eigenvalue weighted by Gasteiger charge is -2.16. The van der Waals surface area contributed by atoms with Crippen LogP contribution in [-0.2, 0) is 0 Å². The van der Waals surface area contributed by atoms with E-state index in [-0.39, 0.29) is 0 Å². The summed E-state index contributed by atoms with van der Waals surface area (Å²) in [6, 6.07) is 4.98. The summed E-state index contributed by atoms with van der Waals surface area (Å²) in [5.41, 5.74) is 1.60. The van der Waals surface area contributed by atoms with Crippen molar-refractivity contribution in [3.8, 4) is 5.75 Å². The van der Waals surface area contributed by atoms with Gasteiger partial charge in [-0.05, 0) is 42.0 Å². The first-order valence-corrected chi connectivity index (χ1v) is 18.7. The second kappa shape index (κ2) is 21.4. The largest absolute Gasteiger partial charge is 0.508 e. The van der Waals surface area contributed by atoms with Gasteiger partial charge >= 0.3 is 6.00 Å². The standard InChI is InChI=1S/C18H37Cl3Si.C10H14O/c1-3-4-5-6-7-8-9-10-11-12-13-14-15-16-17-18(2)22(19,20)21;1-3-8(2)9-4-6-10(11)7-5-9/h18H,3-17H2,1-2H3;4-8,11H,3H2,1-2H3. The molecule has 0 aliphatic rings. The number of phenolic OH excluding ortho intramolecular Hbond substituents is 1. The lowest BCUT2D eigenvalue weighted by Crippen LogP contribution is -2.16. The predicted octanol–water partition coefficient (Wildman–Crippen LogP) is 11.8. The molecule has 33 heavy (non-hydrogen) atoms. The molecule has 0 heterocycles. The normalized spacial score (nSPS) is 13.3. The van der Waals surface area contributed by atoms with E-state index in [1.807, 2.05) is 12.1 Å². The fourth-order valence-electron chi connectivity index (χ4n) is 3.85. The van der Waals surface area contributed by atoms with E-state index in [4.69, 9.17) is 38.3 Å². The topological polar surface area (TPSA) is 20.2 Å². The van der Waals surface area contributed by atoms with Crippen molar-refractivity contribution in [1.82, 2.24) is 0 Å². The summed E-state index contributed by atoms with van der Waals surface area (Å²) in [6.07, 6.45) is 21.8. The number of aromatic hydroxyl groups is 1. The van der Waals surface area contributed by atoms with Crippen molar-refractivity contribution in [3.05, 3.63) is 29.8 Å². The van der Waals surface area contributed by atoms with E-state index in [0.717, 1.165) is 12.8 Å². The Kier molecular flexibility index (Phi) is 21.5. The van der Waals surface area contributed by atoms with Crippen molar-refractivity contribution >= 4 is 39.2 Å². The molecule has 5 heteroatoms. The van der Waals surface area contributed by atoms with Crippen LogP contribution in [0.2, 0.25) is 5.54 Å². The SMILES string of the molecule is CCC(C)c1ccc(O)cc1.CCCCCCCCCCCCCCCCC(C)[Si](Cl)(Cl)Cl. The Labute approximate surface area is 221 Å². The molecule has 0 saturated heterocycles. The molecule has 2 atom stereocenters. The van der Waals surface area contributed by atoms with Gasteiger partial charge in [-0.15, -0.1) is 33.2 Å². The van der Waals surface area contributed by atoms with Crippen LogP contribution in [-0.4, -0.2) is 11.1 Å². The molecule has 0 aliphatic carbocycles. The highest BCUT2D eigenvalue weighted by atomic mass is 35.8. The quantitative estimate of drug-likeness (QED) is 0.112. The van der Waals surface area contributed by atoms with E-state index in [1.54, 1.807) is 12.1 Å². The van der Waals surface area contributed by atoms with Gasteiger partial charge < -0.3 is 5.11 Å². The highest BCUT2D eigenvalue weighted by Crippen LogP contribution is 2.37. The van der Waals surface area contributed by atoms with Gasteiger partial charge in [0.25, 0.3) is 0 Å². The zero-order valence-electron chi connectivity index (χ0n) is 21.9. The number of halogens is 3. The molecule has 1 aromatic carbocycles. The molecule has 0 amide bonds. The Bertz CT molecular complexity index is 545. The van der Waals surface area contributed by atoms with Crippen LogP contribution < -0.4 is 0 Å². The Morgan fingerprint density at radius 1 is 0.667 bits per heavy atom. The van der Waals surface area contributed by atoms with Gasteiger partial charge in [-0.2, -0.15) is 0 Å². The molecule has 0 fully saturated rings. The van der Waals surface area contributed by atoms with Crippen molar-refractivity contribution in [2.45, 2.75) is 142 Å². The number of rotatable bonds is 18. The minimum absolute atomic E-state index is 0.301. The number of unbranched alkanes of at least 4 members (excludes halogenated alkanes) is 13. The molecular weight excluding hydrogens is 487 g/mol. The van der Waals surface area contributed by atoms with Crippen LogP contribution in [0.15, 0.2) is 24.3 Å². The lowest BCUT2D eigenvalue weighted by molar-refractivity contribution is 0.475. The van der Waals surface area contributed by atoms with Gasteiger partial charge in [-0.1, -0.05) is 130 Å². The summed E-state index contributed by atoms with van der Waals surface area (Å²) in [5, 5.41) is 9.01. The van der Waals surface area contributed by atoms with E-state index in [9.17, 15) is 0 Å². The number of phenols is 1. The Balaban J connectivity index is 0.000000771. The fourth-order valence-corrected chi connectivity index (χ4v) is 5.36. The predicted molar refractivity (Wildman–Crippen MR) is 154 cm³/mol. The summed E-state index contributed by atoms with van der Waals surface area (Å²) < 4.78 is 0. The van der Waals surface area contributed by atoms with Crippen LogP contribution in [0.4, 0.5) is 0 Å². The van der Waals surface area contributed by atoms with Crippen molar-refractivity contribution < 1.29 is 5.11 Å². The van der Waals surface area contributed by atoms with Crippen LogP contribution in [0.1, 0.15) is 142 Å². The first-order valence-electron chi connectivity index (χ1n) is 13.6. The van der Waals surface area contributed by atoms with E-state index in [1.165, 1.54) is 95.5 Å². The van der Waals surface area contributed by atoms with Gasteiger partial charge in [0.15, 0.2) is 0 Å². The summed E-state index contributed by atoms with van der Waals surface area (Å²) in [5.74, 6) is 0.938. The molecule has 1 aromatic rings. The third-order valence-electron chi connectivity index (χ3n) is 6.62. The minimum Gasteiger partial charge on any atom is -0.508 e. The molecule has 1 nitrogen and oxygen atoms in total. The van der Waals surface area contributed by atoms with E-state index in [0.29, 0.717) is 17.2 Å². The van der Waals surface area contributed by atoms with E-state index in [2.05, 4.69) is 27.7 Å². The molecule has 0 saturated carbocycles. The monoisotopic (exact) mass is 536 g/mol. The van der Waals surface area contributed by atoms with Crippen molar-refractivity contribution in [2.24, 2.45) is 0 Å². The van der Waals surface area contributed by atoms with Crippen LogP contribution >= 0.6 is 33.2 Å². The van der Waals surface area contributed by atoms with Gasteiger partial charge in [0.05, 0.1) is 0 Å². The van der Waals surface area contributed by atoms with Crippen LogP contribution in [0.5, 0.6) is 5.75 Å². The molecule has 0 aliphatic heterocycles. The van der Waals surface area contributed by atoms with E-state index < -0.39 is 6.00 Å². The highest BCUT2D eigenvalue weighted by molar-refractivity contribution is 7.65. The Hall–Kier alpha value is 0.107. The maximum absolute atomic E-state index is 9.01. The second-order valence-corrected chi connectivity index (χ2v) is 18.9. The average molecular weight is 538 g/mol. The first-order chi connectivity index (χ1) is 15.7. The van der Waals surface area contributed by atoms with Gasteiger partial charge in [0.1, 0.15) is 5.75 Å². The molecule has 0 radical (unpaired) electrons. The molecule has 0 spiro atoms. The summed E-state index contributed by atoms with van der Waals surface area (Å²) in [4.78, 5) is 0. The van der Waals surface area contributed by atoms with Gasteiger partial charge in [-0.25, -0.2) is 0 Å². The maximum Gasteiger partial charge on any atom is 0.344 e. The molecule has 1 rings (SSSR count). The van der Waals surface area contributed by atoms with E-state index >= 15 is 0 Å². The molecular formula is C28H51Cl3OSi. The highest BCUT2D eigenvalue weighted by Gasteiger charge is 2.32. The first kappa shape index (κ1) is 33.1. The van der Waals surface area contributed by atoms with Gasteiger partial charge in [0.2, 0.25) is 0 Å². The molecule has 0 bridgehead atoms. The second-order valence-electron chi connectivity index (χ2n) is 9.73. The zero-order valence-corrected chi connectivity index (χ0v) is 25.1. The Morgan fingerprint density at radius 3 is 1.42 bits per heavy atom. The average Bonchev–Trinajstić information content (AvgIpc) is 2.79. The summed E-state index contributed by atoms with van der Waals surface area (Å²) in [6.45, 7) is 8.72. The lowest BCUT2D eigenvalue weighted by atomic mass is 9.99. The van der Waals surface area contributed by atoms with Crippen LogP contribution in [0, 0.1) is 0 Å². The van der Waals surface area contributed by atoms with Gasteiger partial charge in [-0.3, -0.25) is 0 Å². The van der Waals surface area contributed by atoms with Crippen LogP contribution in [0.3, 0.4) is 0 Å². The Morgan fingerprint density at radius 2 is 1.06 bits per heavy atom. The molecule has 1 N–H and O–H groups in total. The zero-order chi connectivity index (χ0) is 25.0. The smallest absolute Gasteiger partial charge is 0.344 e. The third-order valence-corrected chi connectivity index (χ3v) is 11.4. The minimum atomic E-state index is -2.45. The third kappa shape index (κ3) is 20.0. The molecule has 0 aromatic heterocycles. The van der Waals surface area contributed by atoms with Gasteiger partial charge in [0, 0.05) is 0 Å². The number of benzene rings is 1.